The Hall–Kier alpha value is -3.20. The highest BCUT2D eigenvalue weighted by molar-refractivity contribution is 7.89. The van der Waals surface area contributed by atoms with Crippen LogP contribution in [0.3, 0.4) is 0 Å². The summed E-state index contributed by atoms with van der Waals surface area (Å²) in [5, 5.41) is 2.83. The lowest BCUT2D eigenvalue weighted by Crippen LogP contribution is -2.40. The Kier molecular flexibility index (Phi) is 6.36. The maximum Gasteiger partial charge on any atom is 0.255 e. The Morgan fingerprint density at radius 3 is 2.35 bits per heavy atom. The number of hydrogen-bond acceptors (Lipinski definition) is 5. The first-order valence-corrected chi connectivity index (χ1v) is 12.9. The van der Waals surface area contributed by atoms with Crippen molar-refractivity contribution in [3.8, 4) is 0 Å². The average Bonchev–Trinajstić information content (AvgIpc) is 2.89. The lowest BCUT2D eigenvalue weighted by Gasteiger charge is -2.30. The van der Waals surface area contributed by atoms with Crippen molar-refractivity contribution in [3.05, 3.63) is 89.5 Å². The molecular weight excluding hydrogens is 450 g/mol. The minimum atomic E-state index is -3.63. The van der Waals surface area contributed by atoms with Crippen molar-refractivity contribution >= 4 is 27.3 Å². The smallest absolute Gasteiger partial charge is 0.255 e. The van der Waals surface area contributed by atoms with Gasteiger partial charge in [-0.25, -0.2) is 8.42 Å². The molecule has 1 amide bonds. The number of anilines is 2. The molecule has 8 heteroatoms. The van der Waals surface area contributed by atoms with Crippen molar-refractivity contribution in [1.82, 2.24) is 4.31 Å². The Bertz CT molecular complexity index is 1290. The number of amides is 1. The molecule has 3 aromatic rings. The van der Waals surface area contributed by atoms with Gasteiger partial charge in [0.05, 0.1) is 18.1 Å². The van der Waals surface area contributed by atoms with Gasteiger partial charge in [-0.05, 0) is 60.0 Å². The number of hydrogen-bond donors (Lipinski definition) is 1. The van der Waals surface area contributed by atoms with E-state index in [9.17, 15) is 13.2 Å². The number of benzene rings is 3. The third-order valence-electron chi connectivity index (χ3n) is 6.33. The number of ether oxygens (including phenoxy) is 1. The van der Waals surface area contributed by atoms with Crippen LogP contribution in [0.25, 0.3) is 0 Å². The zero-order valence-electron chi connectivity index (χ0n) is 18.8. The van der Waals surface area contributed by atoms with Gasteiger partial charge in [-0.3, -0.25) is 4.79 Å². The quantitative estimate of drug-likeness (QED) is 0.608. The summed E-state index contributed by atoms with van der Waals surface area (Å²) < 4.78 is 32.5. The van der Waals surface area contributed by atoms with Crippen molar-refractivity contribution in [1.29, 1.82) is 0 Å². The van der Waals surface area contributed by atoms with E-state index < -0.39 is 10.0 Å². The molecule has 0 saturated carbocycles. The molecule has 0 aromatic heterocycles. The number of nitrogens with one attached hydrogen (secondary N) is 1. The summed E-state index contributed by atoms with van der Waals surface area (Å²) in [7, 11) is -3.63. The van der Waals surface area contributed by atoms with Gasteiger partial charge in [0, 0.05) is 43.1 Å². The molecule has 2 aliphatic heterocycles. The van der Waals surface area contributed by atoms with Crippen molar-refractivity contribution in [2.24, 2.45) is 0 Å². The number of carbonyl (C=O) groups excluding carboxylic acids is 1. The van der Waals surface area contributed by atoms with Gasteiger partial charge in [0.25, 0.3) is 5.91 Å². The SMILES string of the molecule is O=C(Nc1cccc(S(=O)(=O)N2CCOCC2)c1)c1ccc(N2CCc3ccccc3C2)cc1. The predicted molar refractivity (Wildman–Crippen MR) is 132 cm³/mol. The van der Waals surface area contributed by atoms with Gasteiger partial charge in [-0.15, -0.1) is 0 Å². The molecule has 0 unspecified atom stereocenters. The number of fused-ring (bicyclic) bond motifs is 1. The van der Waals surface area contributed by atoms with Gasteiger partial charge < -0.3 is 15.0 Å². The summed E-state index contributed by atoms with van der Waals surface area (Å²) in [4.78, 5) is 15.3. The average molecular weight is 478 g/mol. The Morgan fingerprint density at radius 1 is 0.853 bits per heavy atom. The van der Waals surface area contributed by atoms with E-state index in [4.69, 9.17) is 4.74 Å². The molecule has 7 nitrogen and oxygen atoms in total. The highest BCUT2D eigenvalue weighted by Gasteiger charge is 2.26. The molecule has 0 aliphatic carbocycles. The molecular formula is C26H27N3O4S. The van der Waals surface area contributed by atoms with E-state index in [0.717, 1.165) is 25.2 Å². The third-order valence-corrected chi connectivity index (χ3v) is 8.22. The van der Waals surface area contributed by atoms with Crippen LogP contribution < -0.4 is 10.2 Å². The fraction of sp³-hybridized carbons (Fsp3) is 0.269. The zero-order chi connectivity index (χ0) is 23.5. The first-order valence-electron chi connectivity index (χ1n) is 11.4. The summed E-state index contributed by atoms with van der Waals surface area (Å²) in [5.74, 6) is -0.281. The molecule has 0 bridgehead atoms. The second-order valence-electron chi connectivity index (χ2n) is 8.49. The fourth-order valence-corrected chi connectivity index (χ4v) is 5.87. The molecule has 0 atom stereocenters. The van der Waals surface area contributed by atoms with Crippen molar-refractivity contribution < 1.29 is 17.9 Å². The molecule has 176 valence electrons. The van der Waals surface area contributed by atoms with Gasteiger partial charge in [-0.2, -0.15) is 4.31 Å². The van der Waals surface area contributed by atoms with Crippen molar-refractivity contribution in [2.75, 3.05) is 43.1 Å². The molecule has 2 heterocycles. The predicted octanol–water partition coefficient (Wildman–Crippen LogP) is 3.52. The monoisotopic (exact) mass is 477 g/mol. The number of morpholine rings is 1. The Balaban J connectivity index is 1.26. The van der Waals surface area contributed by atoms with E-state index in [1.54, 1.807) is 30.3 Å². The summed E-state index contributed by atoms with van der Waals surface area (Å²) >= 11 is 0. The summed E-state index contributed by atoms with van der Waals surface area (Å²) in [6, 6.07) is 22.4. The largest absolute Gasteiger partial charge is 0.379 e. The van der Waals surface area contributed by atoms with E-state index in [-0.39, 0.29) is 10.8 Å². The van der Waals surface area contributed by atoms with Crippen LogP contribution in [0.15, 0.2) is 77.7 Å². The number of sulfonamides is 1. The minimum Gasteiger partial charge on any atom is -0.379 e. The van der Waals surface area contributed by atoms with E-state index in [1.165, 1.54) is 21.5 Å². The second kappa shape index (κ2) is 9.58. The maximum absolute atomic E-state index is 12.9. The lowest BCUT2D eigenvalue weighted by atomic mass is 9.99. The molecule has 0 spiro atoms. The Morgan fingerprint density at radius 2 is 1.59 bits per heavy atom. The van der Waals surface area contributed by atoms with Crippen LogP contribution in [0.4, 0.5) is 11.4 Å². The minimum absolute atomic E-state index is 0.160. The molecule has 34 heavy (non-hydrogen) atoms. The summed E-state index contributed by atoms with van der Waals surface area (Å²) in [6.45, 7) is 3.21. The van der Waals surface area contributed by atoms with Crippen molar-refractivity contribution in [2.45, 2.75) is 17.9 Å². The maximum atomic E-state index is 12.9. The zero-order valence-corrected chi connectivity index (χ0v) is 19.6. The lowest BCUT2D eigenvalue weighted by molar-refractivity contribution is 0.0730. The van der Waals surface area contributed by atoms with Crippen LogP contribution in [0, 0.1) is 0 Å². The first kappa shape index (κ1) is 22.6. The van der Waals surface area contributed by atoms with Crippen LogP contribution in [0.2, 0.25) is 0 Å². The van der Waals surface area contributed by atoms with Gasteiger partial charge in [0.1, 0.15) is 0 Å². The van der Waals surface area contributed by atoms with E-state index in [2.05, 4.69) is 34.5 Å². The first-order chi connectivity index (χ1) is 16.5. The highest BCUT2D eigenvalue weighted by atomic mass is 32.2. The molecule has 0 radical (unpaired) electrons. The van der Waals surface area contributed by atoms with Crippen LogP contribution in [0.1, 0.15) is 21.5 Å². The molecule has 3 aromatic carbocycles. The Labute approximate surface area is 200 Å². The van der Waals surface area contributed by atoms with E-state index >= 15 is 0 Å². The van der Waals surface area contributed by atoms with Gasteiger partial charge >= 0.3 is 0 Å². The van der Waals surface area contributed by atoms with Crippen LogP contribution >= 0.6 is 0 Å². The third kappa shape index (κ3) is 4.70. The topological polar surface area (TPSA) is 79.0 Å². The molecule has 1 fully saturated rings. The van der Waals surface area contributed by atoms with Gasteiger partial charge in [0.2, 0.25) is 10.0 Å². The number of carbonyl (C=O) groups is 1. The molecule has 1 N–H and O–H groups in total. The standard InChI is InChI=1S/C26H27N3O4S/c30-26(27-23-6-3-7-25(18-23)34(31,32)29-14-16-33-17-15-29)21-8-10-24(11-9-21)28-13-12-20-4-1-2-5-22(20)19-28/h1-11,18H,12-17,19H2,(H,27,30). The normalized spacial score (nSPS) is 16.6. The number of rotatable bonds is 5. The van der Waals surface area contributed by atoms with Crippen LogP contribution in [0.5, 0.6) is 0 Å². The second-order valence-corrected chi connectivity index (χ2v) is 10.4. The number of nitrogens with zero attached hydrogens (tertiary/aromatic N) is 2. The molecule has 5 rings (SSSR count). The summed E-state index contributed by atoms with van der Waals surface area (Å²) in [5.41, 5.74) is 4.76. The fourth-order valence-electron chi connectivity index (χ4n) is 4.41. The molecule has 1 saturated heterocycles. The van der Waals surface area contributed by atoms with Gasteiger partial charge in [0.15, 0.2) is 0 Å². The van der Waals surface area contributed by atoms with Crippen LogP contribution in [-0.4, -0.2) is 51.5 Å². The van der Waals surface area contributed by atoms with E-state index in [0.29, 0.717) is 37.6 Å². The van der Waals surface area contributed by atoms with Crippen LogP contribution in [-0.2, 0) is 27.7 Å². The summed E-state index contributed by atoms with van der Waals surface area (Å²) in [6.07, 6.45) is 1.00. The van der Waals surface area contributed by atoms with Crippen molar-refractivity contribution in [3.63, 3.8) is 0 Å². The highest BCUT2D eigenvalue weighted by Crippen LogP contribution is 2.25. The van der Waals surface area contributed by atoms with Gasteiger partial charge in [-0.1, -0.05) is 30.3 Å². The molecule has 2 aliphatic rings. The van der Waals surface area contributed by atoms with E-state index in [1.807, 2.05) is 12.1 Å².